The highest BCUT2D eigenvalue weighted by Gasteiger charge is 2.29. The van der Waals surface area contributed by atoms with E-state index in [1.165, 1.54) is 17.8 Å². The summed E-state index contributed by atoms with van der Waals surface area (Å²) in [6.07, 6.45) is 3.35. The number of nitrogens with zero attached hydrogens (tertiary/aromatic N) is 1. The van der Waals surface area contributed by atoms with Gasteiger partial charge >= 0.3 is 0 Å². The molecule has 0 radical (unpaired) electrons. The summed E-state index contributed by atoms with van der Waals surface area (Å²) in [6.45, 7) is 4.12. The van der Waals surface area contributed by atoms with E-state index in [2.05, 4.69) is 18.8 Å². The topological polar surface area (TPSA) is 48.1 Å². The van der Waals surface area contributed by atoms with Crippen LogP contribution in [-0.4, -0.2) is 17.7 Å². The lowest BCUT2D eigenvalue weighted by atomic mass is 10.0. The Morgan fingerprint density at radius 1 is 1.53 bits per heavy atom. The predicted octanol–water partition coefficient (Wildman–Crippen LogP) is 2.57. The van der Waals surface area contributed by atoms with Crippen molar-refractivity contribution < 1.29 is 4.74 Å². The number of hydrogen-bond acceptors (Lipinski definition) is 4. The third-order valence-electron chi connectivity index (χ3n) is 2.82. The smallest absolute Gasteiger partial charge is 0.109 e. The van der Waals surface area contributed by atoms with Crippen molar-refractivity contribution in [3.8, 4) is 0 Å². The van der Waals surface area contributed by atoms with Gasteiger partial charge < -0.3 is 10.5 Å². The van der Waals surface area contributed by atoms with E-state index >= 15 is 0 Å². The van der Waals surface area contributed by atoms with E-state index in [0.29, 0.717) is 5.92 Å². The van der Waals surface area contributed by atoms with Crippen LogP contribution in [0, 0.1) is 0 Å². The summed E-state index contributed by atoms with van der Waals surface area (Å²) in [6, 6.07) is 0. The average Bonchev–Trinajstić information content (AvgIpc) is 2.94. The number of thiazole rings is 1. The van der Waals surface area contributed by atoms with Crippen LogP contribution in [0.4, 0.5) is 5.00 Å². The molecule has 4 heteroatoms. The van der Waals surface area contributed by atoms with Gasteiger partial charge in [0.2, 0.25) is 0 Å². The zero-order valence-electron chi connectivity index (χ0n) is 9.54. The minimum atomic E-state index is -0.178. The Labute approximate surface area is 94.7 Å². The molecule has 0 spiro atoms. The number of aromatic nitrogens is 1. The third kappa shape index (κ3) is 2.49. The first-order valence-electron chi connectivity index (χ1n) is 5.32. The molecule has 0 atom stereocenters. The molecule has 1 saturated carbocycles. The van der Waals surface area contributed by atoms with Gasteiger partial charge in [0, 0.05) is 19.4 Å². The fourth-order valence-electron chi connectivity index (χ4n) is 1.49. The minimum absolute atomic E-state index is 0.178. The van der Waals surface area contributed by atoms with Crippen molar-refractivity contribution in [2.45, 2.75) is 44.6 Å². The molecule has 1 fully saturated rings. The summed E-state index contributed by atoms with van der Waals surface area (Å²) in [7, 11) is 1.73. The summed E-state index contributed by atoms with van der Waals surface area (Å²) in [5.74, 6) is 0.691. The van der Waals surface area contributed by atoms with Gasteiger partial charge in [-0.3, -0.25) is 0 Å². The van der Waals surface area contributed by atoms with Gasteiger partial charge in [-0.05, 0) is 26.7 Å². The van der Waals surface area contributed by atoms with Crippen LogP contribution in [-0.2, 0) is 11.2 Å². The van der Waals surface area contributed by atoms with Crippen LogP contribution >= 0.6 is 11.3 Å². The van der Waals surface area contributed by atoms with Gasteiger partial charge in [-0.2, -0.15) is 0 Å². The molecule has 0 unspecified atom stereocenters. The number of nitrogens with two attached hydrogens (primary N) is 1. The maximum atomic E-state index is 5.97. The van der Waals surface area contributed by atoms with E-state index in [9.17, 15) is 0 Å². The summed E-state index contributed by atoms with van der Waals surface area (Å²) in [5, 5.41) is 2.08. The molecule has 0 amide bonds. The highest BCUT2D eigenvalue weighted by atomic mass is 32.1. The monoisotopic (exact) mass is 226 g/mol. The van der Waals surface area contributed by atoms with Gasteiger partial charge in [-0.25, -0.2) is 4.98 Å². The van der Waals surface area contributed by atoms with Gasteiger partial charge in [-0.1, -0.05) is 0 Å². The number of hydrogen-bond donors (Lipinski definition) is 1. The summed E-state index contributed by atoms with van der Waals surface area (Å²) in [5.41, 5.74) is 6.80. The third-order valence-corrected chi connectivity index (χ3v) is 3.91. The molecule has 1 aliphatic carbocycles. The van der Waals surface area contributed by atoms with E-state index in [1.54, 1.807) is 18.4 Å². The first-order valence-corrected chi connectivity index (χ1v) is 6.14. The molecular formula is C11H18N2OS. The number of methoxy groups -OCH3 is 1. The Morgan fingerprint density at radius 3 is 2.73 bits per heavy atom. The molecule has 84 valence electrons. The Kier molecular flexibility index (Phi) is 2.73. The van der Waals surface area contributed by atoms with Gasteiger partial charge in [0.15, 0.2) is 0 Å². The van der Waals surface area contributed by atoms with Gasteiger partial charge in [0.1, 0.15) is 5.00 Å². The molecule has 2 rings (SSSR count). The van der Waals surface area contributed by atoms with E-state index in [-0.39, 0.29) is 5.60 Å². The SMILES string of the molecule is COC(C)(C)Cc1nc(C2CC2)sc1N. The number of nitrogen functional groups attached to an aromatic ring is 1. The van der Waals surface area contributed by atoms with Crippen LogP contribution in [0.3, 0.4) is 0 Å². The molecule has 1 aliphatic rings. The molecule has 2 N–H and O–H groups in total. The minimum Gasteiger partial charge on any atom is -0.389 e. The van der Waals surface area contributed by atoms with Gasteiger partial charge in [-0.15, -0.1) is 11.3 Å². The maximum Gasteiger partial charge on any atom is 0.109 e. The van der Waals surface area contributed by atoms with Crippen molar-refractivity contribution in [2.24, 2.45) is 0 Å². The first kappa shape index (κ1) is 10.9. The zero-order valence-corrected chi connectivity index (χ0v) is 10.4. The Hall–Kier alpha value is -0.610. The van der Waals surface area contributed by atoms with Crippen molar-refractivity contribution in [2.75, 3.05) is 12.8 Å². The Bertz CT molecular complexity index is 355. The van der Waals surface area contributed by atoms with E-state index in [1.807, 2.05) is 0 Å². The molecule has 0 saturated heterocycles. The average molecular weight is 226 g/mol. The molecule has 1 heterocycles. The van der Waals surface area contributed by atoms with Crippen molar-refractivity contribution in [1.29, 1.82) is 0 Å². The zero-order chi connectivity index (χ0) is 11.1. The number of ether oxygens (including phenoxy) is 1. The standard InChI is InChI=1S/C11H18N2OS/c1-11(2,14-3)6-8-9(12)15-10(13-8)7-4-5-7/h7H,4-6,12H2,1-3H3. The Balaban J connectivity index is 2.13. The second kappa shape index (κ2) is 3.76. The molecule has 0 aliphatic heterocycles. The lowest BCUT2D eigenvalue weighted by Gasteiger charge is -2.21. The second-order valence-electron chi connectivity index (χ2n) is 4.78. The fraction of sp³-hybridized carbons (Fsp3) is 0.727. The van der Waals surface area contributed by atoms with Crippen LogP contribution in [0.5, 0.6) is 0 Å². The highest BCUT2D eigenvalue weighted by Crippen LogP contribution is 2.43. The second-order valence-corrected chi connectivity index (χ2v) is 5.84. The number of rotatable bonds is 4. The molecule has 1 aromatic rings. The molecule has 0 bridgehead atoms. The first-order chi connectivity index (χ1) is 7.02. The van der Waals surface area contributed by atoms with Crippen LogP contribution < -0.4 is 5.73 Å². The van der Waals surface area contributed by atoms with Crippen molar-refractivity contribution in [1.82, 2.24) is 4.98 Å². The van der Waals surface area contributed by atoms with Crippen molar-refractivity contribution in [3.05, 3.63) is 10.7 Å². The van der Waals surface area contributed by atoms with Crippen LogP contribution in [0.1, 0.15) is 43.3 Å². The van der Waals surface area contributed by atoms with Gasteiger partial charge in [0.25, 0.3) is 0 Å². The van der Waals surface area contributed by atoms with Crippen molar-refractivity contribution in [3.63, 3.8) is 0 Å². The van der Waals surface area contributed by atoms with E-state index in [0.717, 1.165) is 17.1 Å². The lowest BCUT2D eigenvalue weighted by Crippen LogP contribution is -2.26. The van der Waals surface area contributed by atoms with Crippen LogP contribution in [0.25, 0.3) is 0 Å². The highest BCUT2D eigenvalue weighted by molar-refractivity contribution is 7.15. The lowest BCUT2D eigenvalue weighted by molar-refractivity contribution is 0.0226. The predicted molar refractivity (Wildman–Crippen MR) is 63.3 cm³/mol. The van der Waals surface area contributed by atoms with Crippen LogP contribution in [0.15, 0.2) is 0 Å². The number of anilines is 1. The molecule has 0 aromatic carbocycles. The maximum absolute atomic E-state index is 5.97. The van der Waals surface area contributed by atoms with Gasteiger partial charge in [0.05, 0.1) is 16.3 Å². The normalized spacial score (nSPS) is 17.0. The Morgan fingerprint density at radius 2 is 2.20 bits per heavy atom. The molecule has 15 heavy (non-hydrogen) atoms. The quantitative estimate of drug-likeness (QED) is 0.858. The molecule has 1 aromatic heterocycles. The summed E-state index contributed by atoms with van der Waals surface area (Å²) in [4.78, 5) is 4.62. The van der Waals surface area contributed by atoms with Crippen molar-refractivity contribution >= 4 is 16.3 Å². The van der Waals surface area contributed by atoms with E-state index in [4.69, 9.17) is 10.5 Å². The molecular weight excluding hydrogens is 208 g/mol. The summed E-state index contributed by atoms with van der Waals surface area (Å²) < 4.78 is 5.39. The largest absolute Gasteiger partial charge is 0.389 e. The fourth-order valence-corrected chi connectivity index (χ4v) is 2.51. The van der Waals surface area contributed by atoms with Crippen LogP contribution in [0.2, 0.25) is 0 Å². The molecule has 3 nitrogen and oxygen atoms in total. The van der Waals surface area contributed by atoms with E-state index < -0.39 is 0 Å². The summed E-state index contributed by atoms with van der Waals surface area (Å²) >= 11 is 1.65.